The van der Waals surface area contributed by atoms with Crippen LogP contribution in [0.15, 0.2) is 54.6 Å². The first-order chi connectivity index (χ1) is 9.76. The fourth-order valence-electron chi connectivity index (χ4n) is 2.52. The lowest BCUT2D eigenvalue weighted by molar-refractivity contribution is 0.388. The van der Waals surface area contributed by atoms with Crippen LogP contribution in [0, 0.1) is 0 Å². The Hall–Kier alpha value is -1.80. The number of hydrogen-bond donors (Lipinski definition) is 1. The number of nitrogens with one attached hydrogen (secondary N) is 1. The van der Waals surface area contributed by atoms with Gasteiger partial charge in [0, 0.05) is 17.6 Å². The van der Waals surface area contributed by atoms with E-state index in [9.17, 15) is 0 Å². The molecular formula is C18H23NO. The van der Waals surface area contributed by atoms with Gasteiger partial charge in [0.05, 0.1) is 7.11 Å². The fourth-order valence-corrected chi connectivity index (χ4v) is 2.52. The molecule has 0 aromatic heterocycles. The van der Waals surface area contributed by atoms with E-state index in [0.717, 1.165) is 12.2 Å². The molecule has 0 radical (unpaired) electrons. The number of methoxy groups -OCH3 is 1. The fraction of sp³-hybridized carbons (Fsp3) is 0.333. The second-order valence-corrected chi connectivity index (χ2v) is 5.00. The minimum atomic E-state index is 0.293. The van der Waals surface area contributed by atoms with Gasteiger partial charge in [0.2, 0.25) is 0 Å². The molecule has 0 spiro atoms. The monoisotopic (exact) mass is 269 g/mol. The summed E-state index contributed by atoms with van der Waals surface area (Å²) in [5, 5.41) is 3.69. The van der Waals surface area contributed by atoms with Gasteiger partial charge in [-0.05, 0) is 25.0 Å². The highest BCUT2D eigenvalue weighted by molar-refractivity contribution is 5.36. The van der Waals surface area contributed by atoms with E-state index in [4.69, 9.17) is 4.74 Å². The highest BCUT2D eigenvalue weighted by Gasteiger charge is 2.16. The van der Waals surface area contributed by atoms with Gasteiger partial charge in [0.1, 0.15) is 5.75 Å². The molecule has 2 nitrogen and oxygen atoms in total. The van der Waals surface area contributed by atoms with E-state index in [0.29, 0.717) is 12.1 Å². The third-order valence-corrected chi connectivity index (χ3v) is 3.67. The molecule has 2 aromatic rings. The smallest absolute Gasteiger partial charge is 0.123 e. The van der Waals surface area contributed by atoms with E-state index in [1.165, 1.54) is 11.1 Å². The Morgan fingerprint density at radius 3 is 2.30 bits per heavy atom. The van der Waals surface area contributed by atoms with Crippen LogP contribution in [0.5, 0.6) is 5.75 Å². The Labute approximate surface area is 121 Å². The summed E-state index contributed by atoms with van der Waals surface area (Å²) in [6.45, 7) is 4.40. The molecule has 2 heteroatoms. The SMILES string of the molecule is CCC(N[C@H](C)c1ccccc1)c1ccccc1OC. The molecule has 0 aliphatic carbocycles. The van der Waals surface area contributed by atoms with Crippen LogP contribution in [0.3, 0.4) is 0 Å². The van der Waals surface area contributed by atoms with Crippen LogP contribution >= 0.6 is 0 Å². The number of para-hydroxylation sites is 1. The number of ether oxygens (including phenoxy) is 1. The van der Waals surface area contributed by atoms with Crippen molar-refractivity contribution in [2.45, 2.75) is 32.4 Å². The average Bonchev–Trinajstić information content (AvgIpc) is 2.53. The van der Waals surface area contributed by atoms with E-state index in [2.05, 4.69) is 55.6 Å². The third-order valence-electron chi connectivity index (χ3n) is 3.67. The maximum absolute atomic E-state index is 5.48. The first-order valence-electron chi connectivity index (χ1n) is 7.20. The molecule has 0 aliphatic heterocycles. The maximum Gasteiger partial charge on any atom is 0.123 e. The van der Waals surface area contributed by atoms with Crippen molar-refractivity contribution in [3.05, 3.63) is 65.7 Å². The summed E-state index contributed by atoms with van der Waals surface area (Å²) in [5.74, 6) is 0.951. The lowest BCUT2D eigenvalue weighted by Gasteiger charge is -2.24. The van der Waals surface area contributed by atoms with E-state index >= 15 is 0 Å². The summed E-state index contributed by atoms with van der Waals surface area (Å²) in [6.07, 6.45) is 1.03. The maximum atomic E-state index is 5.48. The van der Waals surface area contributed by atoms with Crippen LogP contribution < -0.4 is 10.1 Å². The summed E-state index contributed by atoms with van der Waals surface area (Å²) in [4.78, 5) is 0. The van der Waals surface area contributed by atoms with Gasteiger partial charge >= 0.3 is 0 Å². The van der Waals surface area contributed by atoms with Crippen LogP contribution in [0.2, 0.25) is 0 Å². The first kappa shape index (κ1) is 14.6. The molecule has 20 heavy (non-hydrogen) atoms. The molecule has 0 fully saturated rings. The van der Waals surface area contributed by atoms with Crippen molar-refractivity contribution in [2.75, 3.05) is 7.11 Å². The molecule has 2 aromatic carbocycles. The predicted octanol–water partition coefficient (Wildman–Crippen LogP) is 4.50. The highest BCUT2D eigenvalue weighted by Crippen LogP contribution is 2.29. The van der Waals surface area contributed by atoms with Gasteiger partial charge in [-0.3, -0.25) is 0 Å². The zero-order chi connectivity index (χ0) is 14.4. The van der Waals surface area contributed by atoms with Crippen LogP contribution in [0.25, 0.3) is 0 Å². The third kappa shape index (κ3) is 3.40. The molecule has 0 heterocycles. The predicted molar refractivity (Wildman–Crippen MR) is 84.0 cm³/mol. The molecular weight excluding hydrogens is 246 g/mol. The molecule has 2 rings (SSSR count). The van der Waals surface area contributed by atoms with Crippen molar-refractivity contribution in [3.63, 3.8) is 0 Å². The Morgan fingerprint density at radius 2 is 1.65 bits per heavy atom. The Bertz CT molecular complexity index is 524. The molecule has 0 saturated heterocycles. The zero-order valence-electron chi connectivity index (χ0n) is 12.5. The second-order valence-electron chi connectivity index (χ2n) is 5.00. The van der Waals surface area contributed by atoms with Crippen LogP contribution in [-0.4, -0.2) is 7.11 Å². The summed E-state index contributed by atoms with van der Waals surface area (Å²) in [7, 11) is 1.73. The van der Waals surface area contributed by atoms with E-state index in [1.807, 2.05) is 18.2 Å². The van der Waals surface area contributed by atoms with Crippen molar-refractivity contribution >= 4 is 0 Å². The summed E-state index contributed by atoms with van der Waals surface area (Å²) in [5.41, 5.74) is 2.53. The van der Waals surface area contributed by atoms with E-state index < -0.39 is 0 Å². The lowest BCUT2D eigenvalue weighted by atomic mass is 10.0. The van der Waals surface area contributed by atoms with Crippen molar-refractivity contribution in [1.82, 2.24) is 5.32 Å². The number of hydrogen-bond acceptors (Lipinski definition) is 2. The summed E-state index contributed by atoms with van der Waals surface area (Å²) in [6, 6.07) is 19.4. The Kier molecular flexibility index (Phi) is 5.19. The van der Waals surface area contributed by atoms with E-state index in [-0.39, 0.29) is 0 Å². The van der Waals surface area contributed by atoms with E-state index in [1.54, 1.807) is 7.11 Å². The zero-order valence-corrected chi connectivity index (χ0v) is 12.5. The topological polar surface area (TPSA) is 21.3 Å². The number of rotatable bonds is 6. The van der Waals surface area contributed by atoms with Gasteiger partial charge in [0.15, 0.2) is 0 Å². The van der Waals surface area contributed by atoms with Crippen molar-refractivity contribution in [1.29, 1.82) is 0 Å². The second kappa shape index (κ2) is 7.11. The van der Waals surface area contributed by atoms with Crippen molar-refractivity contribution in [2.24, 2.45) is 0 Å². The lowest BCUT2D eigenvalue weighted by Crippen LogP contribution is -2.24. The van der Waals surface area contributed by atoms with Gasteiger partial charge in [-0.15, -0.1) is 0 Å². The van der Waals surface area contributed by atoms with Gasteiger partial charge in [-0.1, -0.05) is 55.5 Å². The first-order valence-corrected chi connectivity index (χ1v) is 7.20. The molecule has 0 bridgehead atoms. The van der Waals surface area contributed by atoms with Gasteiger partial charge < -0.3 is 10.1 Å². The highest BCUT2D eigenvalue weighted by atomic mass is 16.5. The Balaban J connectivity index is 2.17. The summed E-state index contributed by atoms with van der Waals surface area (Å²) < 4.78 is 5.48. The average molecular weight is 269 g/mol. The normalized spacial score (nSPS) is 13.8. The largest absolute Gasteiger partial charge is 0.496 e. The number of benzene rings is 2. The standard InChI is InChI=1S/C18H23NO/c1-4-17(16-12-8-9-13-18(16)20-3)19-14(2)15-10-6-5-7-11-15/h5-14,17,19H,4H2,1-3H3/t14-,17?/m1/s1. The van der Waals surface area contributed by atoms with Crippen LogP contribution in [-0.2, 0) is 0 Å². The minimum Gasteiger partial charge on any atom is -0.496 e. The van der Waals surface area contributed by atoms with Gasteiger partial charge in [0.25, 0.3) is 0 Å². The summed E-state index contributed by atoms with van der Waals surface area (Å²) >= 11 is 0. The molecule has 1 N–H and O–H groups in total. The van der Waals surface area contributed by atoms with Crippen LogP contribution in [0.4, 0.5) is 0 Å². The van der Waals surface area contributed by atoms with Crippen molar-refractivity contribution < 1.29 is 4.74 Å². The quantitative estimate of drug-likeness (QED) is 0.834. The van der Waals surface area contributed by atoms with Crippen molar-refractivity contribution in [3.8, 4) is 5.75 Å². The van der Waals surface area contributed by atoms with Gasteiger partial charge in [-0.25, -0.2) is 0 Å². The molecule has 0 amide bonds. The van der Waals surface area contributed by atoms with Crippen LogP contribution in [0.1, 0.15) is 43.5 Å². The molecule has 0 saturated carbocycles. The molecule has 2 atom stereocenters. The minimum absolute atomic E-state index is 0.293. The Morgan fingerprint density at radius 1 is 1.00 bits per heavy atom. The molecule has 106 valence electrons. The molecule has 0 aliphatic rings. The van der Waals surface area contributed by atoms with Gasteiger partial charge in [-0.2, -0.15) is 0 Å². The molecule has 1 unspecified atom stereocenters.